The smallest absolute Gasteiger partial charge is 0.420 e. The van der Waals surface area contributed by atoms with Gasteiger partial charge in [0.2, 0.25) is 0 Å². The van der Waals surface area contributed by atoms with Crippen molar-refractivity contribution < 1.29 is 28.2 Å². The number of rotatable bonds is 6. The largest absolute Gasteiger partial charge is 0.566 e. The lowest BCUT2D eigenvalue weighted by Gasteiger charge is -2.06. The predicted octanol–water partition coefficient (Wildman–Crippen LogP) is 2.26. The number of hydrogen-bond acceptors (Lipinski definition) is 6. The van der Waals surface area contributed by atoms with Crippen LogP contribution in [-0.4, -0.2) is 24.4 Å². The molecule has 0 aliphatic rings. The fraction of sp³-hybridized carbons (Fsp3) is 0.333. The molecule has 0 saturated heterocycles. The minimum atomic E-state index is -2.48. The van der Waals surface area contributed by atoms with Gasteiger partial charge in [0, 0.05) is 6.92 Å². The topological polar surface area (TPSA) is 78.9 Å². The van der Waals surface area contributed by atoms with E-state index in [9.17, 15) is 14.2 Å². The van der Waals surface area contributed by atoms with E-state index < -0.39 is 25.8 Å². The summed E-state index contributed by atoms with van der Waals surface area (Å²) >= 11 is 0. The first-order valence-electron chi connectivity index (χ1n) is 5.57. The van der Waals surface area contributed by atoms with E-state index in [1.807, 2.05) is 0 Å². The Bertz CT molecular complexity index is 459. The molecule has 0 bridgehead atoms. The fourth-order valence-electron chi connectivity index (χ4n) is 1.18. The summed E-state index contributed by atoms with van der Waals surface area (Å²) in [6.07, 6.45) is 0. The average molecular weight is 285 g/mol. The van der Waals surface area contributed by atoms with Crippen molar-refractivity contribution >= 4 is 20.0 Å². The maximum absolute atomic E-state index is 11.8. The molecule has 0 saturated carbocycles. The lowest BCUT2D eigenvalue weighted by molar-refractivity contribution is -0.155. The van der Waals surface area contributed by atoms with Gasteiger partial charge in [-0.25, -0.2) is 4.79 Å². The number of carbonyl (C=O) groups is 2. The predicted molar refractivity (Wildman–Crippen MR) is 66.9 cm³/mol. The van der Waals surface area contributed by atoms with E-state index in [2.05, 4.69) is 4.74 Å². The van der Waals surface area contributed by atoms with E-state index in [1.54, 1.807) is 37.3 Å². The van der Waals surface area contributed by atoms with Gasteiger partial charge >= 0.3 is 25.8 Å². The molecule has 0 aliphatic heterocycles. The van der Waals surface area contributed by atoms with Gasteiger partial charge in [-0.3, -0.25) is 4.79 Å². The second-order valence-corrected chi connectivity index (χ2v) is 4.70. The molecule has 0 heterocycles. The third-order valence-electron chi connectivity index (χ3n) is 1.89. The molecule has 2 unspecified atom stereocenters. The molecule has 6 nitrogen and oxygen atoms in total. The molecule has 0 radical (unpaired) electrons. The highest BCUT2D eigenvalue weighted by atomic mass is 31.1. The highest BCUT2D eigenvalue weighted by Gasteiger charge is 2.44. The van der Waals surface area contributed by atoms with Gasteiger partial charge in [0.1, 0.15) is 5.75 Å². The SMILES string of the molecule is CCO[P+](=O)C(OC(C)=O)C(=O)Oc1ccccc1. The summed E-state index contributed by atoms with van der Waals surface area (Å²) in [5.74, 6) is -2.97. The molecule has 0 fully saturated rings. The molecule has 19 heavy (non-hydrogen) atoms. The first-order chi connectivity index (χ1) is 9.04. The lowest BCUT2D eigenvalue weighted by atomic mass is 10.3. The summed E-state index contributed by atoms with van der Waals surface area (Å²) in [4.78, 5) is 22.7. The lowest BCUT2D eigenvalue weighted by Crippen LogP contribution is -2.28. The van der Waals surface area contributed by atoms with Gasteiger partial charge in [0.05, 0.1) is 6.61 Å². The Hall–Kier alpha value is -1.78. The molecular formula is C12H14O6P+. The standard InChI is InChI=1S/C12H14O6P/c1-3-16-19(15)12(17-9(2)13)11(14)18-10-7-5-4-6-8-10/h4-8,12H,3H2,1-2H3/q+1. The van der Waals surface area contributed by atoms with E-state index in [1.165, 1.54) is 0 Å². The van der Waals surface area contributed by atoms with E-state index in [0.29, 0.717) is 0 Å². The number of benzene rings is 1. The van der Waals surface area contributed by atoms with Crippen molar-refractivity contribution in [3.63, 3.8) is 0 Å². The van der Waals surface area contributed by atoms with Crippen LogP contribution in [0.2, 0.25) is 0 Å². The molecule has 1 rings (SSSR count). The summed E-state index contributed by atoms with van der Waals surface area (Å²) in [5, 5.41) is 0. The van der Waals surface area contributed by atoms with Crippen molar-refractivity contribution in [3.8, 4) is 5.75 Å². The highest BCUT2D eigenvalue weighted by Crippen LogP contribution is 2.31. The number of carbonyl (C=O) groups excluding carboxylic acids is 2. The zero-order chi connectivity index (χ0) is 14.3. The molecular weight excluding hydrogens is 271 g/mol. The molecule has 0 spiro atoms. The van der Waals surface area contributed by atoms with Crippen molar-refractivity contribution in [1.82, 2.24) is 0 Å². The maximum atomic E-state index is 11.8. The quantitative estimate of drug-likeness (QED) is 0.453. The molecule has 0 aromatic heterocycles. The van der Waals surface area contributed by atoms with Crippen LogP contribution in [0.5, 0.6) is 5.75 Å². The Morgan fingerprint density at radius 2 is 1.89 bits per heavy atom. The van der Waals surface area contributed by atoms with Crippen LogP contribution in [0, 0.1) is 0 Å². The monoisotopic (exact) mass is 285 g/mol. The Morgan fingerprint density at radius 1 is 1.26 bits per heavy atom. The van der Waals surface area contributed by atoms with Crippen LogP contribution in [0.4, 0.5) is 0 Å². The zero-order valence-electron chi connectivity index (χ0n) is 10.6. The van der Waals surface area contributed by atoms with Gasteiger partial charge in [-0.2, -0.15) is 0 Å². The van der Waals surface area contributed by atoms with Gasteiger partial charge in [-0.05, 0) is 23.6 Å². The number of hydrogen-bond donors (Lipinski definition) is 0. The highest BCUT2D eigenvalue weighted by molar-refractivity contribution is 7.41. The maximum Gasteiger partial charge on any atom is 0.566 e. The van der Waals surface area contributed by atoms with Gasteiger partial charge in [-0.1, -0.05) is 18.2 Å². The van der Waals surface area contributed by atoms with E-state index >= 15 is 0 Å². The first kappa shape index (κ1) is 15.3. The number of ether oxygens (including phenoxy) is 2. The van der Waals surface area contributed by atoms with Crippen LogP contribution in [0.15, 0.2) is 30.3 Å². The Labute approximate surface area is 111 Å². The fourth-order valence-corrected chi connectivity index (χ4v) is 2.03. The minimum absolute atomic E-state index is 0.131. The van der Waals surface area contributed by atoms with Crippen molar-refractivity contribution in [1.29, 1.82) is 0 Å². The Morgan fingerprint density at radius 3 is 2.42 bits per heavy atom. The van der Waals surface area contributed by atoms with E-state index in [0.717, 1.165) is 6.92 Å². The first-order valence-corrected chi connectivity index (χ1v) is 6.82. The van der Waals surface area contributed by atoms with Crippen molar-refractivity contribution in [2.75, 3.05) is 6.61 Å². The van der Waals surface area contributed by atoms with Crippen LogP contribution in [-0.2, 0) is 23.4 Å². The van der Waals surface area contributed by atoms with Crippen LogP contribution < -0.4 is 4.74 Å². The molecule has 7 heteroatoms. The molecule has 0 aliphatic carbocycles. The number of para-hydroxylation sites is 1. The van der Waals surface area contributed by atoms with Crippen LogP contribution in [0.3, 0.4) is 0 Å². The zero-order valence-corrected chi connectivity index (χ0v) is 11.5. The van der Waals surface area contributed by atoms with Crippen LogP contribution in [0.1, 0.15) is 13.8 Å². The van der Waals surface area contributed by atoms with Gasteiger partial charge in [-0.15, -0.1) is 4.52 Å². The summed E-state index contributed by atoms with van der Waals surface area (Å²) in [7, 11) is -2.48. The van der Waals surface area contributed by atoms with Crippen molar-refractivity contribution in [3.05, 3.63) is 30.3 Å². The Balaban J connectivity index is 2.76. The van der Waals surface area contributed by atoms with Gasteiger partial charge < -0.3 is 9.47 Å². The summed E-state index contributed by atoms with van der Waals surface area (Å²) in [6.45, 7) is 2.85. The Kier molecular flexibility index (Phi) is 6.12. The average Bonchev–Trinajstić information content (AvgIpc) is 2.37. The summed E-state index contributed by atoms with van der Waals surface area (Å²) in [6, 6.07) is 8.20. The minimum Gasteiger partial charge on any atom is -0.420 e. The number of esters is 2. The summed E-state index contributed by atoms with van der Waals surface area (Å²) in [5.41, 5.74) is 0. The second kappa shape index (κ2) is 7.61. The second-order valence-electron chi connectivity index (χ2n) is 3.40. The van der Waals surface area contributed by atoms with Gasteiger partial charge in [0.25, 0.3) is 0 Å². The van der Waals surface area contributed by atoms with E-state index in [4.69, 9.17) is 9.26 Å². The van der Waals surface area contributed by atoms with Crippen molar-refractivity contribution in [2.24, 2.45) is 0 Å². The molecule has 2 atom stereocenters. The van der Waals surface area contributed by atoms with Crippen LogP contribution in [0.25, 0.3) is 0 Å². The molecule has 0 N–H and O–H groups in total. The molecule has 0 amide bonds. The molecule has 1 aromatic carbocycles. The third-order valence-corrected chi connectivity index (χ3v) is 3.10. The normalized spacial score (nSPS) is 12.4. The van der Waals surface area contributed by atoms with Crippen molar-refractivity contribution in [2.45, 2.75) is 19.7 Å². The van der Waals surface area contributed by atoms with Gasteiger partial charge in [0.15, 0.2) is 0 Å². The van der Waals surface area contributed by atoms with E-state index in [-0.39, 0.29) is 12.4 Å². The molecule has 1 aromatic rings. The summed E-state index contributed by atoms with van der Waals surface area (Å²) < 4.78 is 26.1. The third kappa shape index (κ3) is 5.16. The van der Waals surface area contributed by atoms with Crippen LogP contribution >= 0.6 is 8.03 Å². The molecule has 102 valence electrons.